The smallest absolute Gasteiger partial charge is 0.265 e. The van der Waals surface area contributed by atoms with Crippen molar-refractivity contribution in [2.24, 2.45) is 5.16 Å². The first kappa shape index (κ1) is 17.3. The number of anilines is 1. The molecule has 1 N–H and O–H groups in total. The fraction of sp³-hybridized carbons (Fsp3) is 0.176. The van der Waals surface area contributed by atoms with Crippen molar-refractivity contribution in [2.75, 3.05) is 26.1 Å². The average molecular weight is 332 g/mol. The number of halogens is 1. The summed E-state index contributed by atoms with van der Waals surface area (Å²) < 4.78 is 23.0. The molecule has 7 heteroatoms. The highest BCUT2D eigenvalue weighted by atomic mass is 19.1. The van der Waals surface area contributed by atoms with Crippen LogP contribution < -0.4 is 14.8 Å². The molecule has 0 aliphatic heterocycles. The molecular formula is C17H17FN2O4. The molecule has 0 aliphatic carbocycles. The van der Waals surface area contributed by atoms with Crippen molar-refractivity contribution in [3.05, 3.63) is 53.8 Å². The Bertz CT molecular complexity index is 717. The number of methoxy groups -OCH3 is 2. The summed E-state index contributed by atoms with van der Waals surface area (Å²) in [6.07, 6.45) is 1.39. The second-order valence-corrected chi connectivity index (χ2v) is 4.67. The monoisotopic (exact) mass is 332 g/mol. The Balaban J connectivity index is 1.86. The second-order valence-electron chi connectivity index (χ2n) is 4.67. The molecule has 0 fully saturated rings. The SMILES string of the molecule is COc1ccc(NC(=O)CO/N=C/c2ccc(F)cc2)c(OC)c1. The number of nitrogens with one attached hydrogen (secondary N) is 1. The summed E-state index contributed by atoms with van der Waals surface area (Å²) in [5, 5.41) is 6.31. The maximum atomic E-state index is 12.8. The molecule has 0 atom stereocenters. The van der Waals surface area contributed by atoms with E-state index in [-0.39, 0.29) is 12.4 Å². The lowest BCUT2D eigenvalue weighted by Gasteiger charge is -2.11. The van der Waals surface area contributed by atoms with Crippen LogP contribution in [0.5, 0.6) is 11.5 Å². The molecule has 2 aromatic carbocycles. The number of hydrogen-bond donors (Lipinski definition) is 1. The van der Waals surface area contributed by atoms with E-state index in [2.05, 4.69) is 10.5 Å². The molecule has 0 saturated heterocycles. The molecule has 24 heavy (non-hydrogen) atoms. The maximum absolute atomic E-state index is 12.8. The van der Waals surface area contributed by atoms with Crippen molar-refractivity contribution in [3.63, 3.8) is 0 Å². The third kappa shape index (κ3) is 4.98. The summed E-state index contributed by atoms with van der Waals surface area (Å²) in [6, 6.07) is 10.7. The first-order valence-electron chi connectivity index (χ1n) is 7.05. The molecular weight excluding hydrogens is 315 g/mol. The fourth-order valence-electron chi connectivity index (χ4n) is 1.83. The zero-order valence-electron chi connectivity index (χ0n) is 13.3. The fourth-order valence-corrected chi connectivity index (χ4v) is 1.83. The Morgan fingerprint density at radius 3 is 2.58 bits per heavy atom. The normalized spacial score (nSPS) is 10.5. The average Bonchev–Trinajstić information content (AvgIpc) is 2.60. The van der Waals surface area contributed by atoms with Crippen LogP contribution in [0.15, 0.2) is 47.6 Å². The summed E-state index contributed by atoms with van der Waals surface area (Å²) in [6.45, 7) is -0.271. The zero-order valence-corrected chi connectivity index (χ0v) is 13.3. The van der Waals surface area contributed by atoms with Crippen LogP contribution in [0.4, 0.5) is 10.1 Å². The quantitative estimate of drug-likeness (QED) is 0.625. The van der Waals surface area contributed by atoms with Gasteiger partial charge in [0.2, 0.25) is 0 Å². The van der Waals surface area contributed by atoms with Gasteiger partial charge in [-0.05, 0) is 29.8 Å². The lowest BCUT2D eigenvalue weighted by molar-refractivity contribution is -0.120. The van der Waals surface area contributed by atoms with Crippen LogP contribution in [-0.2, 0) is 9.63 Å². The lowest BCUT2D eigenvalue weighted by atomic mass is 10.2. The maximum Gasteiger partial charge on any atom is 0.265 e. The van der Waals surface area contributed by atoms with Gasteiger partial charge >= 0.3 is 0 Å². The van der Waals surface area contributed by atoms with Crippen LogP contribution in [-0.4, -0.2) is 32.9 Å². The van der Waals surface area contributed by atoms with Crippen molar-refractivity contribution >= 4 is 17.8 Å². The third-order valence-electron chi connectivity index (χ3n) is 3.02. The Labute approximate surface area is 138 Å². The van der Waals surface area contributed by atoms with Crippen LogP contribution in [0.1, 0.15) is 5.56 Å². The number of carbonyl (C=O) groups excluding carboxylic acids is 1. The van der Waals surface area contributed by atoms with E-state index < -0.39 is 5.91 Å². The molecule has 0 heterocycles. The van der Waals surface area contributed by atoms with Crippen molar-refractivity contribution in [3.8, 4) is 11.5 Å². The van der Waals surface area contributed by atoms with Crippen LogP contribution in [0.25, 0.3) is 0 Å². The van der Waals surface area contributed by atoms with Crippen molar-refractivity contribution < 1.29 is 23.5 Å². The molecule has 0 aliphatic rings. The van der Waals surface area contributed by atoms with E-state index in [4.69, 9.17) is 14.3 Å². The molecule has 0 bridgehead atoms. The molecule has 0 radical (unpaired) electrons. The highest BCUT2D eigenvalue weighted by Crippen LogP contribution is 2.28. The topological polar surface area (TPSA) is 69.2 Å². The summed E-state index contributed by atoms with van der Waals surface area (Å²) in [7, 11) is 3.04. The third-order valence-corrected chi connectivity index (χ3v) is 3.02. The zero-order chi connectivity index (χ0) is 17.4. The van der Waals surface area contributed by atoms with E-state index in [0.29, 0.717) is 22.7 Å². The minimum atomic E-state index is -0.394. The van der Waals surface area contributed by atoms with Gasteiger partial charge in [-0.15, -0.1) is 0 Å². The lowest BCUT2D eigenvalue weighted by Crippen LogP contribution is -2.17. The van der Waals surface area contributed by atoms with Gasteiger partial charge in [-0.1, -0.05) is 17.3 Å². The van der Waals surface area contributed by atoms with Crippen LogP contribution >= 0.6 is 0 Å². The van der Waals surface area contributed by atoms with E-state index in [0.717, 1.165) is 0 Å². The predicted octanol–water partition coefficient (Wildman–Crippen LogP) is 2.83. The van der Waals surface area contributed by atoms with Crippen molar-refractivity contribution in [1.82, 2.24) is 0 Å². The summed E-state index contributed by atoms with van der Waals surface area (Å²) in [4.78, 5) is 16.8. The van der Waals surface area contributed by atoms with Crippen LogP contribution in [0.2, 0.25) is 0 Å². The van der Waals surface area contributed by atoms with Crippen LogP contribution in [0, 0.1) is 5.82 Å². The molecule has 126 valence electrons. The van der Waals surface area contributed by atoms with Crippen LogP contribution in [0.3, 0.4) is 0 Å². The Morgan fingerprint density at radius 1 is 1.17 bits per heavy atom. The first-order valence-corrected chi connectivity index (χ1v) is 7.05. The van der Waals surface area contributed by atoms with Gasteiger partial charge in [-0.25, -0.2) is 4.39 Å². The predicted molar refractivity (Wildman–Crippen MR) is 88.1 cm³/mol. The Morgan fingerprint density at radius 2 is 1.92 bits per heavy atom. The molecule has 1 amide bonds. The minimum Gasteiger partial charge on any atom is -0.497 e. The van der Waals surface area contributed by atoms with Crippen molar-refractivity contribution in [1.29, 1.82) is 0 Å². The van der Waals surface area contributed by atoms with Gasteiger partial charge in [0.1, 0.15) is 17.3 Å². The number of carbonyl (C=O) groups is 1. The highest BCUT2D eigenvalue weighted by Gasteiger charge is 2.09. The van der Waals surface area contributed by atoms with Gasteiger partial charge in [0.15, 0.2) is 6.61 Å². The second kappa shape index (κ2) is 8.52. The number of amides is 1. The van der Waals surface area contributed by atoms with Gasteiger partial charge in [0, 0.05) is 6.07 Å². The number of nitrogens with zero attached hydrogens (tertiary/aromatic N) is 1. The summed E-state index contributed by atoms with van der Waals surface area (Å²) in [5.41, 5.74) is 1.16. The van der Waals surface area contributed by atoms with Gasteiger partial charge in [0.05, 0.1) is 26.1 Å². The number of ether oxygens (including phenoxy) is 2. The summed E-state index contributed by atoms with van der Waals surface area (Å²) >= 11 is 0. The van der Waals surface area contributed by atoms with Gasteiger partial charge in [-0.3, -0.25) is 4.79 Å². The number of rotatable bonds is 7. The van der Waals surface area contributed by atoms with Gasteiger partial charge < -0.3 is 19.6 Å². The summed E-state index contributed by atoms with van der Waals surface area (Å²) in [5.74, 6) is 0.359. The molecule has 0 saturated carbocycles. The molecule has 0 aromatic heterocycles. The first-order chi connectivity index (χ1) is 11.6. The largest absolute Gasteiger partial charge is 0.497 e. The molecule has 2 rings (SSSR count). The van der Waals surface area contributed by atoms with E-state index in [1.165, 1.54) is 25.5 Å². The van der Waals surface area contributed by atoms with E-state index >= 15 is 0 Å². The Kier molecular flexibility index (Phi) is 6.13. The molecule has 0 spiro atoms. The molecule has 2 aromatic rings. The van der Waals surface area contributed by atoms with Gasteiger partial charge in [0.25, 0.3) is 5.91 Å². The van der Waals surface area contributed by atoms with E-state index in [9.17, 15) is 9.18 Å². The van der Waals surface area contributed by atoms with E-state index in [1.807, 2.05) is 0 Å². The van der Waals surface area contributed by atoms with Crippen molar-refractivity contribution in [2.45, 2.75) is 0 Å². The number of oxime groups is 1. The minimum absolute atomic E-state index is 0.271. The molecule has 0 unspecified atom stereocenters. The standard InChI is InChI=1S/C17H17FN2O4/c1-22-14-7-8-15(16(9-14)23-2)20-17(21)11-24-19-10-12-3-5-13(18)6-4-12/h3-10H,11H2,1-2H3,(H,20,21)/b19-10+. The van der Waals surface area contributed by atoms with Gasteiger partial charge in [-0.2, -0.15) is 0 Å². The number of benzene rings is 2. The van der Waals surface area contributed by atoms with E-state index in [1.54, 1.807) is 37.4 Å². The Hall–Kier alpha value is -3.09. The molecule has 6 nitrogen and oxygen atoms in total. The number of hydrogen-bond acceptors (Lipinski definition) is 5. The highest BCUT2D eigenvalue weighted by molar-refractivity contribution is 5.93.